The minimum Gasteiger partial charge on any atom is -0.368 e. The Morgan fingerprint density at radius 1 is 1.25 bits per heavy atom. The molecule has 5 nitrogen and oxygen atoms in total. The molecule has 0 radical (unpaired) electrons. The van der Waals surface area contributed by atoms with E-state index in [1.165, 1.54) is 19.3 Å². The van der Waals surface area contributed by atoms with E-state index in [1.54, 1.807) is 11.1 Å². The predicted octanol–water partition coefficient (Wildman–Crippen LogP) is 3.18. The number of ether oxygens (including phenoxy) is 1. The lowest BCUT2D eigenvalue weighted by Gasteiger charge is -2.23. The van der Waals surface area contributed by atoms with Gasteiger partial charge < -0.3 is 9.64 Å². The highest BCUT2D eigenvalue weighted by atomic mass is 16.5. The SMILES string of the molecule is CN(Cc1cnn(-c2ccccc2)c1)C(=O)COC1CCCCC1. The Hall–Kier alpha value is -2.14. The zero-order valence-electron chi connectivity index (χ0n) is 14.2. The van der Waals surface area contributed by atoms with E-state index in [2.05, 4.69) is 5.10 Å². The van der Waals surface area contributed by atoms with Crippen LogP contribution in [0.4, 0.5) is 0 Å². The normalized spacial score (nSPS) is 15.4. The van der Waals surface area contributed by atoms with Gasteiger partial charge in [-0.1, -0.05) is 37.5 Å². The van der Waals surface area contributed by atoms with E-state index < -0.39 is 0 Å². The maximum absolute atomic E-state index is 12.2. The number of carbonyl (C=O) groups is 1. The molecule has 128 valence electrons. The van der Waals surface area contributed by atoms with Crippen LogP contribution in [-0.4, -0.2) is 40.3 Å². The van der Waals surface area contributed by atoms with Gasteiger partial charge in [0.15, 0.2) is 0 Å². The summed E-state index contributed by atoms with van der Waals surface area (Å²) in [6.45, 7) is 0.716. The number of likely N-dealkylation sites (N-methyl/N-ethyl adjacent to an activating group) is 1. The van der Waals surface area contributed by atoms with Gasteiger partial charge in [0.25, 0.3) is 0 Å². The first-order valence-electron chi connectivity index (χ1n) is 8.67. The predicted molar refractivity (Wildman–Crippen MR) is 92.9 cm³/mol. The van der Waals surface area contributed by atoms with Crippen molar-refractivity contribution in [3.05, 3.63) is 48.3 Å². The van der Waals surface area contributed by atoms with Gasteiger partial charge in [0, 0.05) is 25.4 Å². The number of para-hydroxylation sites is 1. The second kappa shape index (κ2) is 8.11. The highest BCUT2D eigenvalue weighted by Crippen LogP contribution is 2.20. The zero-order chi connectivity index (χ0) is 16.8. The van der Waals surface area contributed by atoms with E-state index >= 15 is 0 Å². The number of hydrogen-bond donors (Lipinski definition) is 0. The smallest absolute Gasteiger partial charge is 0.248 e. The molecule has 1 aliphatic rings. The molecule has 0 atom stereocenters. The van der Waals surface area contributed by atoms with E-state index in [0.29, 0.717) is 6.54 Å². The molecule has 3 rings (SSSR count). The van der Waals surface area contributed by atoms with Gasteiger partial charge in [-0.15, -0.1) is 0 Å². The first-order valence-corrected chi connectivity index (χ1v) is 8.67. The summed E-state index contributed by atoms with van der Waals surface area (Å²) in [5, 5.41) is 4.37. The summed E-state index contributed by atoms with van der Waals surface area (Å²) in [5.41, 5.74) is 2.02. The Morgan fingerprint density at radius 3 is 2.75 bits per heavy atom. The molecule has 1 amide bonds. The van der Waals surface area contributed by atoms with Crippen LogP contribution < -0.4 is 0 Å². The summed E-state index contributed by atoms with van der Waals surface area (Å²) in [7, 11) is 1.81. The van der Waals surface area contributed by atoms with Crippen LogP contribution in [0.15, 0.2) is 42.7 Å². The molecule has 0 bridgehead atoms. The molecule has 1 aromatic heterocycles. The Balaban J connectivity index is 1.50. The van der Waals surface area contributed by atoms with Gasteiger partial charge in [0.2, 0.25) is 5.91 Å². The van der Waals surface area contributed by atoms with E-state index in [4.69, 9.17) is 4.74 Å². The number of rotatable bonds is 6. The zero-order valence-corrected chi connectivity index (χ0v) is 14.2. The molecule has 1 aromatic carbocycles. The van der Waals surface area contributed by atoms with Gasteiger partial charge >= 0.3 is 0 Å². The van der Waals surface area contributed by atoms with Crippen LogP contribution in [0.2, 0.25) is 0 Å². The lowest BCUT2D eigenvalue weighted by molar-refractivity contribution is -0.138. The minimum atomic E-state index is 0.0213. The summed E-state index contributed by atoms with van der Waals surface area (Å²) in [6, 6.07) is 9.95. The molecule has 5 heteroatoms. The number of carbonyl (C=O) groups excluding carboxylic acids is 1. The minimum absolute atomic E-state index is 0.0213. The molecule has 0 spiro atoms. The second-order valence-corrected chi connectivity index (χ2v) is 6.45. The third-order valence-electron chi connectivity index (χ3n) is 4.50. The quantitative estimate of drug-likeness (QED) is 0.819. The van der Waals surface area contributed by atoms with Crippen molar-refractivity contribution in [2.24, 2.45) is 0 Å². The van der Waals surface area contributed by atoms with Gasteiger partial charge in [-0.05, 0) is 25.0 Å². The Morgan fingerprint density at radius 2 is 2.00 bits per heavy atom. The van der Waals surface area contributed by atoms with Crippen molar-refractivity contribution in [1.29, 1.82) is 0 Å². The summed E-state index contributed by atoms with van der Waals surface area (Å²) in [4.78, 5) is 13.9. The Kier molecular flexibility index (Phi) is 5.64. The largest absolute Gasteiger partial charge is 0.368 e. The molecule has 0 aliphatic heterocycles. The molecule has 2 aromatic rings. The van der Waals surface area contributed by atoms with Crippen LogP contribution >= 0.6 is 0 Å². The molecular weight excluding hydrogens is 302 g/mol. The van der Waals surface area contributed by atoms with E-state index in [-0.39, 0.29) is 18.6 Å². The van der Waals surface area contributed by atoms with Gasteiger partial charge in [0.05, 0.1) is 18.0 Å². The molecule has 1 fully saturated rings. The van der Waals surface area contributed by atoms with Crippen LogP contribution in [0.25, 0.3) is 5.69 Å². The third kappa shape index (κ3) is 4.45. The summed E-state index contributed by atoms with van der Waals surface area (Å²) in [5.74, 6) is 0.0213. The van der Waals surface area contributed by atoms with E-state index in [0.717, 1.165) is 24.1 Å². The first kappa shape index (κ1) is 16.7. The van der Waals surface area contributed by atoms with E-state index in [9.17, 15) is 4.79 Å². The summed E-state index contributed by atoms with van der Waals surface area (Å²) < 4.78 is 7.59. The molecule has 1 aliphatic carbocycles. The highest BCUT2D eigenvalue weighted by molar-refractivity contribution is 5.77. The molecule has 1 saturated carbocycles. The van der Waals surface area contributed by atoms with Gasteiger partial charge in [-0.3, -0.25) is 4.79 Å². The lowest BCUT2D eigenvalue weighted by Crippen LogP contribution is -2.32. The maximum Gasteiger partial charge on any atom is 0.248 e. The van der Waals surface area contributed by atoms with Crippen LogP contribution in [-0.2, 0) is 16.1 Å². The van der Waals surface area contributed by atoms with Crippen LogP contribution in [0.3, 0.4) is 0 Å². The number of aromatic nitrogens is 2. The van der Waals surface area contributed by atoms with Gasteiger partial charge in [-0.25, -0.2) is 4.68 Å². The third-order valence-corrected chi connectivity index (χ3v) is 4.50. The molecule has 0 saturated heterocycles. The fraction of sp³-hybridized carbons (Fsp3) is 0.474. The monoisotopic (exact) mass is 327 g/mol. The van der Waals surface area contributed by atoms with Crippen molar-refractivity contribution < 1.29 is 9.53 Å². The van der Waals surface area contributed by atoms with Crippen molar-refractivity contribution in [2.75, 3.05) is 13.7 Å². The van der Waals surface area contributed by atoms with Crippen molar-refractivity contribution >= 4 is 5.91 Å². The van der Waals surface area contributed by atoms with E-state index in [1.807, 2.05) is 48.3 Å². The maximum atomic E-state index is 12.2. The van der Waals surface area contributed by atoms with Crippen molar-refractivity contribution in [3.63, 3.8) is 0 Å². The first-order chi connectivity index (χ1) is 11.7. The molecular formula is C19H25N3O2. The van der Waals surface area contributed by atoms with Gasteiger partial charge in [-0.2, -0.15) is 5.10 Å². The topological polar surface area (TPSA) is 47.4 Å². The van der Waals surface area contributed by atoms with Crippen molar-refractivity contribution in [2.45, 2.75) is 44.8 Å². The number of hydrogen-bond acceptors (Lipinski definition) is 3. The molecule has 0 N–H and O–H groups in total. The second-order valence-electron chi connectivity index (χ2n) is 6.45. The van der Waals surface area contributed by atoms with Crippen LogP contribution in [0.1, 0.15) is 37.7 Å². The summed E-state index contributed by atoms with van der Waals surface area (Å²) >= 11 is 0. The fourth-order valence-electron chi connectivity index (χ4n) is 3.06. The average Bonchev–Trinajstić information content (AvgIpc) is 3.10. The average molecular weight is 327 g/mol. The number of amides is 1. The molecule has 0 unspecified atom stereocenters. The van der Waals surface area contributed by atoms with Gasteiger partial charge in [0.1, 0.15) is 6.61 Å². The van der Waals surface area contributed by atoms with Crippen molar-refractivity contribution in [1.82, 2.24) is 14.7 Å². The fourth-order valence-corrected chi connectivity index (χ4v) is 3.06. The molecule has 24 heavy (non-hydrogen) atoms. The van der Waals surface area contributed by atoms with Crippen LogP contribution in [0.5, 0.6) is 0 Å². The molecule has 1 heterocycles. The highest BCUT2D eigenvalue weighted by Gasteiger charge is 2.17. The Bertz CT molecular complexity index is 648. The number of benzene rings is 1. The standard InChI is InChI=1S/C19H25N3O2/c1-21(19(23)15-24-18-10-6-3-7-11-18)13-16-12-20-22(14-16)17-8-4-2-5-9-17/h2,4-5,8-9,12,14,18H,3,6-7,10-11,13,15H2,1H3. The lowest BCUT2D eigenvalue weighted by atomic mass is 9.98. The van der Waals surface area contributed by atoms with Crippen LogP contribution in [0, 0.1) is 0 Å². The summed E-state index contributed by atoms with van der Waals surface area (Å²) in [6.07, 6.45) is 9.92. The Labute approximate surface area is 143 Å². The van der Waals surface area contributed by atoms with Crippen molar-refractivity contribution in [3.8, 4) is 5.69 Å². The number of nitrogens with zero attached hydrogens (tertiary/aromatic N) is 3.